The van der Waals surface area contributed by atoms with Gasteiger partial charge in [-0.25, -0.2) is 0 Å². The molecule has 0 amide bonds. The molecule has 0 saturated carbocycles. The molecule has 0 aromatic heterocycles. The molecule has 0 aromatic rings. The van der Waals surface area contributed by atoms with E-state index in [2.05, 4.69) is 32.6 Å². The zero-order valence-electron chi connectivity index (χ0n) is 7.59. The fourth-order valence-corrected chi connectivity index (χ4v) is 0.725. The smallest absolute Gasteiger partial charge is 0.0395 e. The van der Waals surface area contributed by atoms with Gasteiger partial charge in [0.05, 0.1) is 0 Å². The number of hydrogen-bond donors (Lipinski definition) is 0. The van der Waals surface area contributed by atoms with Crippen molar-refractivity contribution in [3.63, 3.8) is 0 Å². The SMILES string of the molecule is C=C\C=C/C(C)=C(C)/C=C\C. The van der Waals surface area contributed by atoms with E-state index in [1.807, 2.05) is 19.1 Å². The van der Waals surface area contributed by atoms with E-state index in [1.165, 1.54) is 11.1 Å². The van der Waals surface area contributed by atoms with E-state index in [0.29, 0.717) is 0 Å². The van der Waals surface area contributed by atoms with Crippen LogP contribution >= 0.6 is 0 Å². The summed E-state index contributed by atoms with van der Waals surface area (Å²) in [5.41, 5.74) is 2.58. The molecule has 0 N–H and O–H groups in total. The van der Waals surface area contributed by atoms with Gasteiger partial charge in [-0.3, -0.25) is 0 Å². The van der Waals surface area contributed by atoms with Crippen LogP contribution in [0.1, 0.15) is 20.8 Å². The minimum absolute atomic E-state index is 1.28. The average molecular weight is 148 g/mol. The zero-order valence-corrected chi connectivity index (χ0v) is 7.59. The number of hydrogen-bond acceptors (Lipinski definition) is 0. The zero-order chi connectivity index (χ0) is 8.69. The van der Waals surface area contributed by atoms with Gasteiger partial charge in [0.25, 0.3) is 0 Å². The Kier molecular flexibility index (Phi) is 5.18. The molecule has 0 unspecified atom stereocenters. The fourth-order valence-electron chi connectivity index (χ4n) is 0.725. The molecule has 0 fully saturated rings. The second-order valence-electron chi connectivity index (χ2n) is 2.46. The van der Waals surface area contributed by atoms with Gasteiger partial charge < -0.3 is 0 Å². The summed E-state index contributed by atoms with van der Waals surface area (Å²) in [6.07, 6.45) is 9.93. The van der Waals surface area contributed by atoms with Gasteiger partial charge in [-0.15, -0.1) is 0 Å². The van der Waals surface area contributed by atoms with Crippen molar-refractivity contribution in [2.75, 3.05) is 0 Å². The van der Waals surface area contributed by atoms with Gasteiger partial charge in [0.1, 0.15) is 0 Å². The van der Waals surface area contributed by atoms with Crippen molar-refractivity contribution in [1.29, 1.82) is 0 Å². The summed E-state index contributed by atoms with van der Waals surface area (Å²) in [7, 11) is 0. The van der Waals surface area contributed by atoms with Crippen LogP contribution in [0.15, 0.2) is 48.1 Å². The highest BCUT2D eigenvalue weighted by Crippen LogP contribution is 2.05. The predicted molar refractivity (Wildman–Crippen MR) is 52.5 cm³/mol. The van der Waals surface area contributed by atoms with E-state index < -0.39 is 0 Å². The van der Waals surface area contributed by atoms with E-state index in [1.54, 1.807) is 6.08 Å². The number of rotatable bonds is 3. The fraction of sp³-hybridized carbons (Fsp3) is 0.273. The molecule has 0 atom stereocenters. The molecular weight excluding hydrogens is 132 g/mol. The lowest BCUT2D eigenvalue weighted by Gasteiger charge is -1.95. The van der Waals surface area contributed by atoms with Crippen molar-refractivity contribution in [3.8, 4) is 0 Å². The molecule has 11 heavy (non-hydrogen) atoms. The van der Waals surface area contributed by atoms with Gasteiger partial charge in [-0.2, -0.15) is 0 Å². The van der Waals surface area contributed by atoms with Crippen molar-refractivity contribution in [3.05, 3.63) is 48.1 Å². The first-order valence-corrected chi connectivity index (χ1v) is 3.81. The molecule has 60 valence electrons. The normalized spacial score (nSPS) is 14.1. The Bertz CT molecular complexity index is 202. The Balaban J connectivity index is 4.38. The Morgan fingerprint density at radius 3 is 2.09 bits per heavy atom. The number of allylic oxidation sites excluding steroid dienone is 7. The molecule has 0 rings (SSSR count). The van der Waals surface area contributed by atoms with Crippen LogP contribution in [0.4, 0.5) is 0 Å². The lowest BCUT2D eigenvalue weighted by Crippen LogP contribution is -1.74. The van der Waals surface area contributed by atoms with E-state index in [4.69, 9.17) is 0 Å². The topological polar surface area (TPSA) is 0 Å². The third kappa shape index (κ3) is 4.38. The van der Waals surface area contributed by atoms with Crippen LogP contribution in [-0.2, 0) is 0 Å². The molecule has 0 aromatic carbocycles. The molecule has 0 bridgehead atoms. The Hall–Kier alpha value is -1.04. The standard InChI is InChI=1S/C11H16/c1-5-7-9-11(4)10(3)8-6-2/h5-9H,1H2,2-4H3/b8-6-,9-7-,11-10+. The second-order valence-corrected chi connectivity index (χ2v) is 2.46. The monoisotopic (exact) mass is 148 g/mol. The van der Waals surface area contributed by atoms with Gasteiger partial charge >= 0.3 is 0 Å². The van der Waals surface area contributed by atoms with Crippen LogP contribution in [0, 0.1) is 0 Å². The van der Waals surface area contributed by atoms with E-state index >= 15 is 0 Å². The van der Waals surface area contributed by atoms with Gasteiger partial charge in [-0.1, -0.05) is 37.0 Å². The van der Waals surface area contributed by atoms with Crippen LogP contribution in [0.5, 0.6) is 0 Å². The maximum absolute atomic E-state index is 3.61. The Morgan fingerprint density at radius 2 is 1.64 bits per heavy atom. The van der Waals surface area contributed by atoms with Gasteiger partial charge in [0.15, 0.2) is 0 Å². The summed E-state index contributed by atoms with van der Waals surface area (Å²) in [4.78, 5) is 0. The van der Waals surface area contributed by atoms with Crippen molar-refractivity contribution in [2.24, 2.45) is 0 Å². The van der Waals surface area contributed by atoms with Crippen molar-refractivity contribution in [1.82, 2.24) is 0 Å². The molecule has 0 heteroatoms. The largest absolute Gasteiger partial charge is 0.0991 e. The first kappa shape index (κ1) is 9.96. The summed E-state index contributed by atoms with van der Waals surface area (Å²) >= 11 is 0. The second kappa shape index (κ2) is 5.72. The summed E-state index contributed by atoms with van der Waals surface area (Å²) in [6.45, 7) is 9.82. The minimum Gasteiger partial charge on any atom is -0.0991 e. The highest BCUT2D eigenvalue weighted by molar-refractivity contribution is 5.30. The minimum atomic E-state index is 1.28. The molecular formula is C11H16. The highest BCUT2D eigenvalue weighted by atomic mass is 13.9. The molecule has 0 aliphatic rings. The molecule has 0 heterocycles. The summed E-state index contributed by atoms with van der Waals surface area (Å²) in [5.74, 6) is 0. The Labute approximate surface area is 69.6 Å². The third-order valence-electron chi connectivity index (χ3n) is 1.52. The summed E-state index contributed by atoms with van der Waals surface area (Å²) in [6, 6.07) is 0. The maximum Gasteiger partial charge on any atom is -0.0395 e. The van der Waals surface area contributed by atoms with Crippen molar-refractivity contribution >= 4 is 0 Å². The van der Waals surface area contributed by atoms with E-state index in [0.717, 1.165) is 0 Å². The average Bonchev–Trinajstić information content (AvgIpc) is 2.00. The first-order valence-electron chi connectivity index (χ1n) is 3.81. The van der Waals surface area contributed by atoms with Crippen LogP contribution in [0.3, 0.4) is 0 Å². The highest BCUT2D eigenvalue weighted by Gasteiger charge is 1.85. The van der Waals surface area contributed by atoms with Crippen LogP contribution < -0.4 is 0 Å². The molecule has 0 spiro atoms. The van der Waals surface area contributed by atoms with Crippen molar-refractivity contribution in [2.45, 2.75) is 20.8 Å². The summed E-state index contributed by atoms with van der Waals surface area (Å²) in [5, 5.41) is 0. The van der Waals surface area contributed by atoms with E-state index in [9.17, 15) is 0 Å². The van der Waals surface area contributed by atoms with E-state index in [-0.39, 0.29) is 0 Å². The Morgan fingerprint density at radius 1 is 1.09 bits per heavy atom. The first-order chi connectivity index (χ1) is 5.22. The maximum atomic E-state index is 3.61. The van der Waals surface area contributed by atoms with Gasteiger partial charge in [0.2, 0.25) is 0 Å². The molecule has 0 nitrogen and oxygen atoms in total. The predicted octanol–water partition coefficient (Wildman–Crippen LogP) is 3.64. The van der Waals surface area contributed by atoms with Crippen LogP contribution in [0.25, 0.3) is 0 Å². The van der Waals surface area contributed by atoms with Gasteiger partial charge in [0, 0.05) is 0 Å². The molecule has 0 radical (unpaired) electrons. The molecule has 0 aliphatic carbocycles. The quantitative estimate of drug-likeness (QED) is 0.536. The van der Waals surface area contributed by atoms with Crippen molar-refractivity contribution < 1.29 is 0 Å². The lowest BCUT2D eigenvalue weighted by molar-refractivity contribution is 1.37. The summed E-state index contributed by atoms with van der Waals surface area (Å²) < 4.78 is 0. The third-order valence-corrected chi connectivity index (χ3v) is 1.52. The lowest BCUT2D eigenvalue weighted by atomic mass is 10.1. The van der Waals surface area contributed by atoms with Crippen LogP contribution in [0.2, 0.25) is 0 Å². The molecule has 0 saturated heterocycles. The molecule has 0 aliphatic heterocycles. The van der Waals surface area contributed by atoms with Crippen LogP contribution in [-0.4, -0.2) is 0 Å². The van der Waals surface area contributed by atoms with Gasteiger partial charge in [-0.05, 0) is 31.9 Å².